The predicted octanol–water partition coefficient (Wildman–Crippen LogP) is 3.89. The first kappa shape index (κ1) is 12.7. The lowest BCUT2D eigenvalue weighted by atomic mass is 9.95. The fourth-order valence-corrected chi connectivity index (χ4v) is 3.33. The normalized spacial score (nSPS) is 16.3. The number of fused-ring (bicyclic) bond motifs is 1. The van der Waals surface area contributed by atoms with Crippen molar-refractivity contribution in [3.05, 3.63) is 58.9 Å². The fraction of sp³-hybridized carbons (Fsp3) is 0.235. The number of hydrogen-bond donors (Lipinski definition) is 1. The highest BCUT2D eigenvalue weighted by Gasteiger charge is 2.49. The summed E-state index contributed by atoms with van der Waals surface area (Å²) in [6, 6.07) is 14.0. The van der Waals surface area contributed by atoms with E-state index in [0.29, 0.717) is 0 Å². The first-order chi connectivity index (χ1) is 10.1. The highest BCUT2D eigenvalue weighted by atomic mass is 35.5. The van der Waals surface area contributed by atoms with Gasteiger partial charge in [0.2, 0.25) is 0 Å². The van der Waals surface area contributed by atoms with Crippen LogP contribution in [0.5, 0.6) is 0 Å². The van der Waals surface area contributed by atoms with Crippen LogP contribution in [-0.4, -0.2) is 9.55 Å². The van der Waals surface area contributed by atoms with Crippen LogP contribution in [0, 0.1) is 0 Å². The van der Waals surface area contributed by atoms with Gasteiger partial charge in [0.1, 0.15) is 5.82 Å². The number of imidazole rings is 1. The van der Waals surface area contributed by atoms with Crippen LogP contribution < -0.4 is 5.73 Å². The molecule has 1 heterocycles. The van der Waals surface area contributed by atoms with Gasteiger partial charge in [-0.3, -0.25) is 0 Å². The van der Waals surface area contributed by atoms with Crippen molar-refractivity contribution in [1.29, 1.82) is 0 Å². The molecule has 3 nitrogen and oxygen atoms in total. The van der Waals surface area contributed by atoms with Gasteiger partial charge in [-0.1, -0.05) is 23.7 Å². The van der Waals surface area contributed by atoms with E-state index in [0.717, 1.165) is 40.4 Å². The number of nitrogen functional groups attached to an aromatic ring is 1. The van der Waals surface area contributed by atoms with Gasteiger partial charge in [0.05, 0.1) is 16.4 Å². The minimum Gasteiger partial charge on any atom is -0.399 e. The van der Waals surface area contributed by atoms with Crippen molar-refractivity contribution >= 4 is 28.3 Å². The van der Waals surface area contributed by atoms with E-state index in [4.69, 9.17) is 22.3 Å². The molecule has 1 aliphatic carbocycles. The van der Waals surface area contributed by atoms with Crippen LogP contribution in [0.15, 0.2) is 42.5 Å². The molecule has 0 aliphatic heterocycles. The largest absolute Gasteiger partial charge is 0.399 e. The quantitative estimate of drug-likeness (QED) is 0.729. The third-order valence-electron chi connectivity index (χ3n) is 4.48. The Morgan fingerprint density at radius 1 is 1.14 bits per heavy atom. The maximum Gasteiger partial charge on any atom is 0.120 e. The Labute approximate surface area is 128 Å². The molecule has 4 rings (SSSR count). The summed E-state index contributed by atoms with van der Waals surface area (Å²) in [4.78, 5) is 4.86. The summed E-state index contributed by atoms with van der Waals surface area (Å²) in [7, 11) is 2.07. The maximum atomic E-state index is 6.11. The predicted molar refractivity (Wildman–Crippen MR) is 86.6 cm³/mol. The van der Waals surface area contributed by atoms with E-state index in [1.807, 2.05) is 30.3 Å². The second-order valence-corrected chi connectivity index (χ2v) is 6.27. The van der Waals surface area contributed by atoms with Crippen molar-refractivity contribution in [3.63, 3.8) is 0 Å². The molecule has 0 radical (unpaired) electrons. The molecule has 106 valence electrons. The lowest BCUT2D eigenvalue weighted by Gasteiger charge is -2.16. The zero-order chi connectivity index (χ0) is 14.6. The number of anilines is 1. The summed E-state index contributed by atoms with van der Waals surface area (Å²) < 4.78 is 2.17. The van der Waals surface area contributed by atoms with Gasteiger partial charge in [-0.2, -0.15) is 0 Å². The number of aromatic nitrogens is 2. The Bertz CT molecular complexity index is 829. The molecule has 0 unspecified atom stereocenters. The van der Waals surface area contributed by atoms with E-state index in [9.17, 15) is 0 Å². The fourth-order valence-electron chi connectivity index (χ4n) is 3.16. The number of rotatable bonds is 2. The third-order valence-corrected chi connectivity index (χ3v) is 4.72. The van der Waals surface area contributed by atoms with Crippen molar-refractivity contribution in [2.75, 3.05) is 5.73 Å². The Morgan fingerprint density at radius 3 is 2.52 bits per heavy atom. The molecule has 3 aromatic rings. The van der Waals surface area contributed by atoms with Crippen LogP contribution >= 0.6 is 11.6 Å². The van der Waals surface area contributed by atoms with Crippen molar-refractivity contribution in [1.82, 2.24) is 9.55 Å². The maximum absolute atomic E-state index is 6.11. The smallest absolute Gasteiger partial charge is 0.120 e. The van der Waals surface area contributed by atoms with Crippen molar-refractivity contribution in [3.8, 4) is 0 Å². The highest BCUT2D eigenvalue weighted by Crippen LogP contribution is 2.53. The lowest BCUT2D eigenvalue weighted by Crippen LogP contribution is -2.14. The Kier molecular flexibility index (Phi) is 2.57. The molecule has 0 amide bonds. The molecule has 0 spiro atoms. The van der Waals surface area contributed by atoms with E-state index < -0.39 is 0 Å². The molecular weight excluding hydrogens is 282 g/mol. The van der Waals surface area contributed by atoms with Crippen LogP contribution in [0.25, 0.3) is 11.0 Å². The van der Waals surface area contributed by atoms with Gasteiger partial charge in [0.15, 0.2) is 0 Å². The summed E-state index contributed by atoms with van der Waals surface area (Å²) in [6.45, 7) is 0. The monoisotopic (exact) mass is 297 g/mol. The van der Waals surface area contributed by atoms with E-state index in [-0.39, 0.29) is 5.41 Å². The summed E-state index contributed by atoms with van der Waals surface area (Å²) in [5.41, 5.74) is 10.0. The number of hydrogen-bond acceptors (Lipinski definition) is 2. The number of nitrogens with zero attached hydrogens (tertiary/aromatic N) is 2. The average molecular weight is 298 g/mol. The van der Waals surface area contributed by atoms with Crippen molar-refractivity contribution < 1.29 is 0 Å². The van der Waals surface area contributed by atoms with E-state index in [1.165, 1.54) is 5.56 Å². The van der Waals surface area contributed by atoms with Crippen LogP contribution in [0.1, 0.15) is 24.2 Å². The Balaban J connectivity index is 1.90. The zero-order valence-corrected chi connectivity index (χ0v) is 12.6. The van der Waals surface area contributed by atoms with Gasteiger partial charge < -0.3 is 10.3 Å². The minimum absolute atomic E-state index is 0.0357. The van der Waals surface area contributed by atoms with E-state index in [2.05, 4.69) is 23.7 Å². The van der Waals surface area contributed by atoms with Crippen LogP contribution in [0.4, 0.5) is 5.69 Å². The molecule has 1 aliphatic rings. The van der Waals surface area contributed by atoms with Gasteiger partial charge in [-0.15, -0.1) is 0 Å². The highest BCUT2D eigenvalue weighted by molar-refractivity contribution is 6.31. The van der Waals surface area contributed by atoms with E-state index in [1.54, 1.807) is 0 Å². The van der Waals surface area contributed by atoms with Gasteiger partial charge in [-0.25, -0.2) is 4.98 Å². The summed E-state index contributed by atoms with van der Waals surface area (Å²) in [5, 5.41) is 0.745. The molecular formula is C17H16ClN3. The number of benzene rings is 2. The van der Waals surface area contributed by atoms with Crippen LogP contribution in [-0.2, 0) is 12.5 Å². The van der Waals surface area contributed by atoms with Crippen LogP contribution in [0.3, 0.4) is 0 Å². The Morgan fingerprint density at radius 2 is 1.86 bits per heavy atom. The first-order valence-corrected chi connectivity index (χ1v) is 7.46. The average Bonchev–Trinajstić information content (AvgIpc) is 3.21. The topological polar surface area (TPSA) is 43.8 Å². The molecule has 1 aromatic heterocycles. The van der Waals surface area contributed by atoms with Crippen molar-refractivity contribution in [2.24, 2.45) is 7.05 Å². The molecule has 0 atom stereocenters. The number of halogens is 1. The lowest BCUT2D eigenvalue weighted by molar-refractivity contribution is 0.705. The standard InChI is InChI=1S/C17H16ClN3/c1-21-15-10-12(18)4-7-14(15)20-16(21)17(8-9-17)11-2-5-13(19)6-3-11/h2-7,10H,8-9,19H2,1H3. The molecule has 2 aromatic carbocycles. The second kappa shape index (κ2) is 4.25. The summed E-state index contributed by atoms with van der Waals surface area (Å²) in [6.07, 6.45) is 2.25. The summed E-state index contributed by atoms with van der Waals surface area (Å²) in [5.74, 6) is 1.12. The Hall–Kier alpha value is -2.00. The van der Waals surface area contributed by atoms with Gasteiger partial charge in [-0.05, 0) is 48.7 Å². The van der Waals surface area contributed by atoms with Gasteiger partial charge in [0.25, 0.3) is 0 Å². The number of nitrogens with two attached hydrogens (primary N) is 1. The minimum atomic E-state index is 0.0357. The number of aryl methyl sites for hydroxylation is 1. The second-order valence-electron chi connectivity index (χ2n) is 5.83. The molecule has 1 saturated carbocycles. The zero-order valence-electron chi connectivity index (χ0n) is 11.8. The molecule has 1 fully saturated rings. The first-order valence-electron chi connectivity index (χ1n) is 7.09. The van der Waals surface area contributed by atoms with Crippen LogP contribution in [0.2, 0.25) is 5.02 Å². The molecule has 0 saturated heterocycles. The molecule has 2 N–H and O–H groups in total. The van der Waals surface area contributed by atoms with Crippen molar-refractivity contribution in [2.45, 2.75) is 18.3 Å². The summed E-state index contributed by atoms with van der Waals surface area (Å²) >= 11 is 6.11. The molecule has 0 bridgehead atoms. The molecule has 4 heteroatoms. The molecule has 21 heavy (non-hydrogen) atoms. The SMILES string of the molecule is Cn1c(C2(c3ccc(N)cc3)CC2)nc2ccc(Cl)cc21. The van der Waals surface area contributed by atoms with Gasteiger partial charge >= 0.3 is 0 Å². The van der Waals surface area contributed by atoms with Gasteiger partial charge in [0, 0.05) is 17.8 Å². The third kappa shape index (κ3) is 1.84. The van der Waals surface area contributed by atoms with E-state index >= 15 is 0 Å².